The Labute approximate surface area is 77.4 Å². The third-order valence-electron chi connectivity index (χ3n) is 1.90. The highest BCUT2D eigenvalue weighted by Crippen LogP contribution is 2.15. The lowest BCUT2D eigenvalue weighted by molar-refractivity contribution is 0.627. The van der Waals surface area contributed by atoms with Crippen molar-refractivity contribution in [1.82, 2.24) is 0 Å². The molecule has 1 aromatic carbocycles. The van der Waals surface area contributed by atoms with Crippen LogP contribution >= 0.6 is 0 Å². The van der Waals surface area contributed by atoms with E-state index in [1.165, 1.54) is 17.1 Å². The van der Waals surface area contributed by atoms with Crippen molar-refractivity contribution in [2.45, 2.75) is 13.8 Å². The Morgan fingerprint density at radius 1 is 1.38 bits per heavy atom. The van der Waals surface area contributed by atoms with Gasteiger partial charge in [-0.15, -0.1) is 0 Å². The van der Waals surface area contributed by atoms with Gasteiger partial charge >= 0.3 is 0 Å². The zero-order valence-electron chi connectivity index (χ0n) is 7.79. The van der Waals surface area contributed by atoms with Crippen LogP contribution in [-0.2, 0) is 0 Å². The monoisotopic (exact) mass is 180 g/mol. The first-order chi connectivity index (χ1) is 6.15. The molecule has 0 bridgehead atoms. The molecule has 0 atom stereocenters. The van der Waals surface area contributed by atoms with Gasteiger partial charge in [-0.2, -0.15) is 0 Å². The van der Waals surface area contributed by atoms with Crippen molar-refractivity contribution in [3.05, 3.63) is 41.9 Å². The van der Waals surface area contributed by atoms with E-state index in [4.69, 9.17) is 5.84 Å². The molecular weight excluding hydrogens is 167 g/mol. The van der Waals surface area contributed by atoms with Crippen LogP contribution in [0.3, 0.4) is 0 Å². The van der Waals surface area contributed by atoms with Crippen LogP contribution in [0.5, 0.6) is 0 Å². The first-order valence-corrected chi connectivity index (χ1v) is 4.08. The summed E-state index contributed by atoms with van der Waals surface area (Å²) >= 11 is 0. The van der Waals surface area contributed by atoms with E-state index in [-0.39, 0.29) is 5.82 Å². The number of benzene rings is 1. The maximum atomic E-state index is 12.6. The Morgan fingerprint density at radius 2 is 1.92 bits per heavy atom. The van der Waals surface area contributed by atoms with E-state index in [1.807, 2.05) is 19.9 Å². The first-order valence-electron chi connectivity index (χ1n) is 4.08. The summed E-state index contributed by atoms with van der Waals surface area (Å²) in [6.07, 6.45) is 1.89. The summed E-state index contributed by atoms with van der Waals surface area (Å²) in [5.74, 6) is 5.49. The van der Waals surface area contributed by atoms with Crippen molar-refractivity contribution < 1.29 is 4.39 Å². The summed E-state index contributed by atoms with van der Waals surface area (Å²) in [4.78, 5) is 0. The van der Waals surface area contributed by atoms with Gasteiger partial charge in [-0.3, -0.25) is 5.01 Å². The third-order valence-corrected chi connectivity index (χ3v) is 1.90. The normalized spacial score (nSPS) is 11.5. The van der Waals surface area contributed by atoms with E-state index in [0.29, 0.717) is 0 Å². The van der Waals surface area contributed by atoms with Gasteiger partial charge in [0.25, 0.3) is 0 Å². The molecule has 2 N–H and O–H groups in total. The fourth-order valence-corrected chi connectivity index (χ4v) is 0.944. The molecule has 1 rings (SSSR count). The number of rotatable bonds is 2. The molecule has 0 saturated heterocycles. The second-order valence-electron chi connectivity index (χ2n) is 2.78. The van der Waals surface area contributed by atoms with E-state index in [0.717, 1.165) is 11.4 Å². The fraction of sp³-hybridized carbons (Fsp3) is 0.200. The second-order valence-corrected chi connectivity index (χ2v) is 2.78. The molecule has 0 aliphatic rings. The Kier molecular flexibility index (Phi) is 3.03. The van der Waals surface area contributed by atoms with Gasteiger partial charge in [-0.25, -0.2) is 10.2 Å². The molecule has 0 aromatic heterocycles. The molecule has 0 amide bonds. The fourth-order valence-electron chi connectivity index (χ4n) is 0.944. The first kappa shape index (κ1) is 9.74. The Balaban J connectivity index is 2.89. The van der Waals surface area contributed by atoms with E-state index in [1.54, 1.807) is 12.1 Å². The predicted octanol–water partition coefficient (Wildman–Crippen LogP) is 2.43. The van der Waals surface area contributed by atoms with Crippen LogP contribution in [0.15, 0.2) is 36.0 Å². The molecule has 0 saturated carbocycles. The van der Waals surface area contributed by atoms with E-state index >= 15 is 0 Å². The minimum Gasteiger partial charge on any atom is -0.284 e. The predicted molar refractivity (Wildman–Crippen MR) is 52.5 cm³/mol. The molecular formula is C10H13FN2. The van der Waals surface area contributed by atoms with Crippen molar-refractivity contribution in [2.24, 2.45) is 5.84 Å². The number of hydrazine groups is 1. The number of anilines is 1. The number of allylic oxidation sites excluding steroid dienone is 2. The van der Waals surface area contributed by atoms with Gasteiger partial charge in [0, 0.05) is 5.70 Å². The second kappa shape index (κ2) is 4.05. The SMILES string of the molecule is C/C=C(/C)N(N)c1ccc(F)cc1. The minimum atomic E-state index is -0.254. The lowest BCUT2D eigenvalue weighted by atomic mass is 10.3. The van der Waals surface area contributed by atoms with E-state index in [2.05, 4.69) is 0 Å². The molecule has 13 heavy (non-hydrogen) atoms. The molecule has 0 spiro atoms. The summed E-state index contributed by atoms with van der Waals surface area (Å²) in [7, 11) is 0. The molecule has 2 nitrogen and oxygen atoms in total. The molecule has 70 valence electrons. The largest absolute Gasteiger partial charge is 0.284 e. The van der Waals surface area contributed by atoms with Crippen molar-refractivity contribution in [3.63, 3.8) is 0 Å². The third kappa shape index (κ3) is 2.29. The van der Waals surface area contributed by atoms with Crippen LogP contribution in [0.25, 0.3) is 0 Å². The Morgan fingerprint density at radius 3 is 2.38 bits per heavy atom. The molecule has 0 aliphatic carbocycles. The molecule has 0 unspecified atom stereocenters. The number of nitrogens with two attached hydrogens (primary N) is 1. The number of nitrogens with zero attached hydrogens (tertiary/aromatic N) is 1. The highest BCUT2D eigenvalue weighted by Gasteiger charge is 2.01. The van der Waals surface area contributed by atoms with Crippen LogP contribution in [0, 0.1) is 5.82 Å². The smallest absolute Gasteiger partial charge is 0.123 e. The van der Waals surface area contributed by atoms with Crippen molar-refractivity contribution in [1.29, 1.82) is 0 Å². The van der Waals surface area contributed by atoms with Crippen LogP contribution < -0.4 is 10.9 Å². The summed E-state index contributed by atoms with van der Waals surface area (Å²) in [5.41, 5.74) is 1.70. The minimum absolute atomic E-state index is 0.254. The molecule has 0 radical (unpaired) electrons. The summed E-state index contributed by atoms with van der Waals surface area (Å²) < 4.78 is 12.6. The summed E-state index contributed by atoms with van der Waals surface area (Å²) in [5, 5.41) is 1.51. The number of hydrogen-bond acceptors (Lipinski definition) is 2. The lowest BCUT2D eigenvalue weighted by Gasteiger charge is -2.18. The van der Waals surface area contributed by atoms with E-state index < -0.39 is 0 Å². The van der Waals surface area contributed by atoms with Crippen LogP contribution in [-0.4, -0.2) is 0 Å². The standard InChI is InChI=1S/C10H13FN2/c1-3-8(2)13(12)10-6-4-9(11)5-7-10/h3-7H,12H2,1-2H3/b8-3-. The molecule has 0 fully saturated rings. The summed E-state index contributed by atoms with van der Waals surface area (Å²) in [6, 6.07) is 6.06. The number of halogens is 1. The average molecular weight is 180 g/mol. The maximum Gasteiger partial charge on any atom is 0.123 e. The topological polar surface area (TPSA) is 29.3 Å². The van der Waals surface area contributed by atoms with Gasteiger partial charge in [0.05, 0.1) is 5.69 Å². The van der Waals surface area contributed by atoms with Gasteiger partial charge in [0.2, 0.25) is 0 Å². The van der Waals surface area contributed by atoms with Crippen molar-refractivity contribution in [3.8, 4) is 0 Å². The Hall–Kier alpha value is -1.35. The van der Waals surface area contributed by atoms with Crippen LogP contribution in [0.4, 0.5) is 10.1 Å². The quantitative estimate of drug-likeness (QED) is 0.559. The van der Waals surface area contributed by atoms with Crippen molar-refractivity contribution >= 4 is 5.69 Å². The molecule has 0 heterocycles. The highest BCUT2D eigenvalue weighted by molar-refractivity contribution is 5.49. The molecule has 0 aliphatic heterocycles. The van der Waals surface area contributed by atoms with Crippen molar-refractivity contribution in [2.75, 3.05) is 5.01 Å². The zero-order chi connectivity index (χ0) is 9.84. The summed E-state index contributed by atoms with van der Waals surface area (Å²) in [6.45, 7) is 3.79. The lowest BCUT2D eigenvalue weighted by Crippen LogP contribution is -2.28. The maximum absolute atomic E-state index is 12.6. The molecule has 1 aromatic rings. The number of hydrogen-bond donors (Lipinski definition) is 1. The van der Waals surface area contributed by atoms with Gasteiger partial charge in [0.15, 0.2) is 0 Å². The zero-order valence-corrected chi connectivity index (χ0v) is 7.79. The van der Waals surface area contributed by atoms with Gasteiger partial charge in [0.1, 0.15) is 5.82 Å². The van der Waals surface area contributed by atoms with Gasteiger partial charge in [-0.1, -0.05) is 6.08 Å². The van der Waals surface area contributed by atoms with Gasteiger partial charge < -0.3 is 0 Å². The van der Waals surface area contributed by atoms with Gasteiger partial charge in [-0.05, 0) is 38.1 Å². The van der Waals surface area contributed by atoms with E-state index in [9.17, 15) is 4.39 Å². The highest BCUT2D eigenvalue weighted by atomic mass is 19.1. The van der Waals surface area contributed by atoms with Crippen LogP contribution in [0.1, 0.15) is 13.8 Å². The average Bonchev–Trinajstić information content (AvgIpc) is 2.17. The van der Waals surface area contributed by atoms with Crippen LogP contribution in [0.2, 0.25) is 0 Å². The Bertz CT molecular complexity index is 303. The molecule has 3 heteroatoms.